The lowest BCUT2D eigenvalue weighted by Gasteiger charge is -2.46. The average molecular weight is 768 g/mol. The first kappa shape index (κ1) is 34.6. The predicted octanol–water partition coefficient (Wildman–Crippen LogP) is 15.4. The molecular formula is C58H41NO. The normalized spacial score (nSPS) is 14.1. The number of nitrogens with zero attached hydrogens (tertiary/aromatic N) is 1. The van der Waals surface area contributed by atoms with Crippen LogP contribution in [0.4, 0.5) is 17.1 Å². The zero-order valence-electron chi connectivity index (χ0n) is 33.6. The Morgan fingerprint density at radius 2 is 0.867 bits per heavy atom. The zero-order valence-corrected chi connectivity index (χ0v) is 33.6. The van der Waals surface area contributed by atoms with E-state index in [9.17, 15) is 0 Å². The zero-order chi connectivity index (χ0) is 40.0. The van der Waals surface area contributed by atoms with Crippen LogP contribution < -0.4 is 4.90 Å². The van der Waals surface area contributed by atoms with Crippen molar-refractivity contribution in [1.29, 1.82) is 0 Å². The van der Waals surface area contributed by atoms with Crippen molar-refractivity contribution in [2.24, 2.45) is 0 Å². The van der Waals surface area contributed by atoms with Gasteiger partial charge >= 0.3 is 0 Å². The maximum atomic E-state index is 6.27. The number of anilines is 3. The molecule has 284 valence electrons. The van der Waals surface area contributed by atoms with Crippen molar-refractivity contribution in [1.82, 2.24) is 0 Å². The predicted molar refractivity (Wildman–Crippen MR) is 249 cm³/mol. The van der Waals surface area contributed by atoms with E-state index in [-0.39, 0.29) is 5.41 Å². The van der Waals surface area contributed by atoms with Crippen LogP contribution in [0.2, 0.25) is 0 Å². The smallest absolute Gasteiger partial charge is 0.135 e. The van der Waals surface area contributed by atoms with Crippen LogP contribution in [-0.4, -0.2) is 0 Å². The van der Waals surface area contributed by atoms with E-state index >= 15 is 0 Å². The Bertz CT molecular complexity index is 3250. The van der Waals surface area contributed by atoms with Crippen molar-refractivity contribution in [3.8, 4) is 33.4 Å². The highest BCUT2D eigenvalue weighted by Gasteiger charge is 2.53. The van der Waals surface area contributed by atoms with E-state index < -0.39 is 5.41 Å². The van der Waals surface area contributed by atoms with Crippen LogP contribution in [0.3, 0.4) is 0 Å². The lowest BCUT2D eigenvalue weighted by molar-refractivity contribution is 0.563. The van der Waals surface area contributed by atoms with Gasteiger partial charge in [0.15, 0.2) is 0 Å². The summed E-state index contributed by atoms with van der Waals surface area (Å²) in [5, 5.41) is 2.22. The second-order valence-corrected chi connectivity index (χ2v) is 16.8. The van der Waals surface area contributed by atoms with Gasteiger partial charge in [0.2, 0.25) is 0 Å². The number of para-hydroxylation sites is 1. The molecule has 0 bridgehead atoms. The van der Waals surface area contributed by atoms with E-state index in [0.29, 0.717) is 0 Å². The maximum Gasteiger partial charge on any atom is 0.135 e. The minimum Gasteiger partial charge on any atom is -0.456 e. The number of hydrogen-bond donors (Lipinski definition) is 0. The molecule has 0 aliphatic heterocycles. The van der Waals surface area contributed by atoms with Crippen LogP contribution in [0.1, 0.15) is 47.2 Å². The van der Waals surface area contributed by atoms with Gasteiger partial charge in [0.05, 0.1) is 5.41 Å². The number of fused-ring (bicyclic) bond motifs is 12. The summed E-state index contributed by atoms with van der Waals surface area (Å²) < 4.78 is 6.27. The summed E-state index contributed by atoms with van der Waals surface area (Å²) in [6, 6.07) is 78.0. The van der Waals surface area contributed by atoms with Crippen molar-refractivity contribution in [2.75, 3.05) is 4.90 Å². The molecule has 0 unspecified atom stereocenters. The molecule has 0 N–H and O–H groups in total. The highest BCUT2D eigenvalue weighted by molar-refractivity contribution is 6.06. The summed E-state index contributed by atoms with van der Waals surface area (Å²) in [4.78, 5) is 2.37. The maximum absolute atomic E-state index is 6.27. The van der Waals surface area contributed by atoms with E-state index in [0.717, 1.165) is 39.0 Å². The van der Waals surface area contributed by atoms with Gasteiger partial charge in [0, 0.05) is 33.2 Å². The van der Waals surface area contributed by atoms with Gasteiger partial charge < -0.3 is 9.32 Å². The minimum absolute atomic E-state index is 0.125. The molecule has 60 heavy (non-hydrogen) atoms. The summed E-state index contributed by atoms with van der Waals surface area (Å²) in [5.41, 5.74) is 20.1. The lowest BCUT2D eigenvalue weighted by Crippen LogP contribution is -2.40. The molecule has 0 radical (unpaired) electrons. The Balaban J connectivity index is 1.02. The molecule has 1 aromatic heterocycles. The largest absolute Gasteiger partial charge is 0.456 e. The molecular weight excluding hydrogens is 727 g/mol. The molecule has 2 aliphatic rings. The monoisotopic (exact) mass is 767 g/mol. The molecule has 1 spiro atoms. The fraction of sp³-hybridized carbons (Fsp3) is 0.0690. The molecule has 1 heterocycles. The SMILES string of the molecule is CC1(C)c2ccccc2C2(c3ccccc3-c3cc(-c4cccc(N(c5ccc(-c6ccccc6)cc5)c5ccc6oc7ccccc7c6c5)c4)ccc32)c2ccccc21. The fourth-order valence-electron chi connectivity index (χ4n) is 10.6. The molecule has 0 fully saturated rings. The van der Waals surface area contributed by atoms with Gasteiger partial charge in [-0.05, 0) is 121 Å². The molecule has 0 amide bonds. The van der Waals surface area contributed by atoms with Crippen LogP contribution in [0.15, 0.2) is 217 Å². The quantitative estimate of drug-likeness (QED) is 0.173. The standard InChI is InChI=1S/C58H41NO/c1-57(2)51-22-9-11-24-53(51)58(54-25-12-10-23-52(54)57)49-21-8-6-19-45(49)47-36-41(29-33-50(47)58)40-17-14-18-43(35-40)59(42-30-27-39(28-31-42)38-15-4-3-5-16-38)44-32-34-56-48(37-44)46-20-7-13-26-55(46)60-56/h3-37H,1-2H3. The molecule has 0 atom stereocenters. The number of rotatable bonds is 5. The summed E-state index contributed by atoms with van der Waals surface area (Å²) in [6.45, 7) is 4.76. The second kappa shape index (κ2) is 13.0. The Kier molecular flexibility index (Phi) is 7.52. The third kappa shape index (κ3) is 4.94. The van der Waals surface area contributed by atoms with Crippen molar-refractivity contribution >= 4 is 39.0 Å². The van der Waals surface area contributed by atoms with Crippen LogP contribution in [0, 0.1) is 0 Å². The van der Waals surface area contributed by atoms with Crippen LogP contribution in [0.5, 0.6) is 0 Å². The third-order valence-corrected chi connectivity index (χ3v) is 13.3. The molecule has 12 rings (SSSR count). The molecule has 0 saturated heterocycles. The summed E-state index contributed by atoms with van der Waals surface area (Å²) in [5.74, 6) is 0. The van der Waals surface area contributed by atoms with Gasteiger partial charge in [0.25, 0.3) is 0 Å². The molecule has 2 heteroatoms. The topological polar surface area (TPSA) is 16.4 Å². The molecule has 0 saturated carbocycles. The van der Waals surface area contributed by atoms with Crippen molar-refractivity contribution in [3.63, 3.8) is 0 Å². The fourth-order valence-corrected chi connectivity index (χ4v) is 10.6. The molecule has 2 aliphatic carbocycles. The Hall–Kier alpha value is -7.42. The number of hydrogen-bond acceptors (Lipinski definition) is 2. The van der Waals surface area contributed by atoms with Crippen molar-refractivity contribution in [3.05, 3.63) is 246 Å². The van der Waals surface area contributed by atoms with Gasteiger partial charge in [-0.15, -0.1) is 0 Å². The number of furan rings is 1. The molecule has 10 aromatic rings. The molecule has 9 aromatic carbocycles. The number of benzene rings is 9. The van der Waals surface area contributed by atoms with E-state index in [1.807, 2.05) is 12.1 Å². The van der Waals surface area contributed by atoms with Crippen molar-refractivity contribution < 1.29 is 4.42 Å². The van der Waals surface area contributed by atoms with Gasteiger partial charge in [0.1, 0.15) is 11.2 Å². The van der Waals surface area contributed by atoms with Gasteiger partial charge in [-0.2, -0.15) is 0 Å². The first-order valence-electron chi connectivity index (χ1n) is 20.9. The Labute approximate surface area is 350 Å². The van der Waals surface area contributed by atoms with E-state index in [1.165, 1.54) is 66.8 Å². The molecule has 2 nitrogen and oxygen atoms in total. The second-order valence-electron chi connectivity index (χ2n) is 16.8. The summed E-state index contributed by atoms with van der Waals surface area (Å²) in [7, 11) is 0. The van der Waals surface area contributed by atoms with Crippen LogP contribution in [0.25, 0.3) is 55.3 Å². The Morgan fingerprint density at radius 3 is 1.63 bits per heavy atom. The van der Waals surface area contributed by atoms with E-state index in [1.54, 1.807) is 0 Å². The van der Waals surface area contributed by atoms with Gasteiger partial charge in [-0.1, -0.05) is 172 Å². The summed E-state index contributed by atoms with van der Waals surface area (Å²) >= 11 is 0. The van der Waals surface area contributed by atoms with Gasteiger partial charge in [-0.3, -0.25) is 0 Å². The van der Waals surface area contributed by atoms with Crippen LogP contribution in [-0.2, 0) is 10.8 Å². The van der Waals surface area contributed by atoms with Crippen LogP contribution >= 0.6 is 0 Å². The first-order chi connectivity index (χ1) is 29.5. The average Bonchev–Trinajstić information content (AvgIpc) is 3.82. The van der Waals surface area contributed by atoms with Gasteiger partial charge in [-0.25, -0.2) is 0 Å². The van der Waals surface area contributed by atoms with E-state index in [4.69, 9.17) is 4.42 Å². The third-order valence-electron chi connectivity index (χ3n) is 13.3. The lowest BCUT2D eigenvalue weighted by atomic mass is 9.55. The highest BCUT2D eigenvalue weighted by Crippen LogP contribution is 2.62. The minimum atomic E-state index is -0.409. The summed E-state index contributed by atoms with van der Waals surface area (Å²) in [6.07, 6.45) is 0. The Morgan fingerprint density at radius 1 is 0.333 bits per heavy atom. The van der Waals surface area contributed by atoms with Crippen molar-refractivity contribution in [2.45, 2.75) is 24.7 Å². The highest BCUT2D eigenvalue weighted by atomic mass is 16.3. The van der Waals surface area contributed by atoms with E-state index in [2.05, 4.69) is 219 Å². The first-order valence-corrected chi connectivity index (χ1v) is 20.9.